The predicted octanol–water partition coefficient (Wildman–Crippen LogP) is 2.08. The summed E-state index contributed by atoms with van der Waals surface area (Å²) in [5, 5.41) is 0. The minimum Gasteiger partial charge on any atom is -0.297 e. The van der Waals surface area contributed by atoms with Gasteiger partial charge in [-0.05, 0) is 23.0 Å². The molecule has 2 rings (SSSR count). The summed E-state index contributed by atoms with van der Waals surface area (Å²) < 4.78 is 0.802. The van der Waals surface area contributed by atoms with Gasteiger partial charge in [0.25, 0.3) is 0 Å². The van der Waals surface area contributed by atoms with Crippen LogP contribution in [0.4, 0.5) is 0 Å². The molecule has 62 valence electrons. The lowest BCUT2D eigenvalue weighted by Gasteiger charge is -1.87. The summed E-state index contributed by atoms with van der Waals surface area (Å²) in [6.07, 6.45) is 0.866. The van der Waals surface area contributed by atoms with Crippen molar-refractivity contribution in [3.63, 3.8) is 0 Å². The maximum Gasteiger partial charge on any atom is 0.160 e. The van der Waals surface area contributed by atoms with Crippen LogP contribution in [0.2, 0.25) is 0 Å². The number of thiophene rings is 2. The second-order valence-corrected chi connectivity index (χ2v) is 4.75. The zero-order chi connectivity index (χ0) is 9.26. The maximum atomic E-state index is 10.4. The number of aldehydes is 1. The molecule has 0 saturated heterocycles. The van der Waals surface area contributed by atoms with Gasteiger partial charge in [0.15, 0.2) is 6.29 Å². The van der Waals surface area contributed by atoms with Crippen molar-refractivity contribution in [1.82, 2.24) is 0 Å². The van der Waals surface area contributed by atoms with E-state index in [1.54, 1.807) is 0 Å². The molecule has 0 aliphatic rings. The number of carbonyl (C=O) groups is 1. The molecule has 13 heavy (non-hydrogen) atoms. The molecule has 0 aromatic carbocycles. The van der Waals surface area contributed by atoms with Crippen LogP contribution in [0.1, 0.15) is 9.67 Å². The zero-order valence-corrected chi connectivity index (χ0v) is 8.32. The molecule has 2 aromatic rings. The predicted molar refractivity (Wildman–Crippen MR) is 58.4 cm³/mol. The molecular weight excluding hydrogens is 199 g/mol. The van der Waals surface area contributed by atoms with Gasteiger partial charge in [-0.3, -0.25) is 4.79 Å². The summed E-state index contributed by atoms with van der Waals surface area (Å²) in [4.78, 5) is 13.4. The van der Waals surface area contributed by atoms with E-state index in [0.29, 0.717) is 0 Å². The first-order valence-corrected chi connectivity index (χ1v) is 5.33. The van der Waals surface area contributed by atoms with E-state index in [4.69, 9.17) is 7.85 Å². The van der Waals surface area contributed by atoms with Crippen molar-refractivity contribution in [3.8, 4) is 9.75 Å². The quantitative estimate of drug-likeness (QED) is 0.540. The Labute approximate surface area is 85.4 Å². The van der Waals surface area contributed by atoms with E-state index in [1.165, 1.54) is 22.7 Å². The highest BCUT2D eigenvalue weighted by Gasteiger charge is 2.03. The van der Waals surface area contributed by atoms with Crippen LogP contribution in [0.3, 0.4) is 0 Å². The Morgan fingerprint density at radius 1 is 1.08 bits per heavy atom. The Kier molecular flexibility index (Phi) is 2.33. The molecule has 0 aliphatic carbocycles. The number of hydrogen-bond donors (Lipinski definition) is 0. The van der Waals surface area contributed by atoms with Crippen molar-refractivity contribution in [2.24, 2.45) is 0 Å². The van der Waals surface area contributed by atoms with Crippen LogP contribution in [0.15, 0.2) is 24.3 Å². The summed E-state index contributed by atoms with van der Waals surface area (Å²) in [6, 6.07) is 7.61. The van der Waals surface area contributed by atoms with Crippen LogP contribution in [-0.4, -0.2) is 14.1 Å². The Morgan fingerprint density at radius 3 is 2.31 bits per heavy atom. The SMILES string of the molecule is [B]c1ccc(-c2ccc(C=O)s2)s1. The van der Waals surface area contributed by atoms with E-state index >= 15 is 0 Å². The minimum absolute atomic E-state index is 0.752. The van der Waals surface area contributed by atoms with Gasteiger partial charge in [0.2, 0.25) is 0 Å². The van der Waals surface area contributed by atoms with E-state index in [0.717, 1.165) is 25.7 Å². The number of hydrogen-bond acceptors (Lipinski definition) is 3. The summed E-state index contributed by atoms with van der Waals surface area (Å²) >= 11 is 3.02. The smallest absolute Gasteiger partial charge is 0.160 e. The molecule has 0 unspecified atom stereocenters. The Morgan fingerprint density at radius 2 is 1.77 bits per heavy atom. The van der Waals surface area contributed by atoms with E-state index in [-0.39, 0.29) is 0 Å². The van der Waals surface area contributed by atoms with Crippen LogP contribution in [-0.2, 0) is 0 Å². The van der Waals surface area contributed by atoms with Crippen molar-refractivity contribution < 1.29 is 4.79 Å². The lowest BCUT2D eigenvalue weighted by Crippen LogP contribution is -1.88. The van der Waals surface area contributed by atoms with Crippen molar-refractivity contribution in [2.45, 2.75) is 0 Å². The second-order valence-electron chi connectivity index (χ2n) is 2.52. The van der Waals surface area contributed by atoms with Crippen molar-refractivity contribution >= 4 is 41.6 Å². The topological polar surface area (TPSA) is 17.1 Å². The van der Waals surface area contributed by atoms with Crippen molar-refractivity contribution in [3.05, 3.63) is 29.1 Å². The molecule has 1 nitrogen and oxygen atoms in total. The van der Waals surface area contributed by atoms with Gasteiger partial charge < -0.3 is 0 Å². The van der Waals surface area contributed by atoms with Crippen molar-refractivity contribution in [1.29, 1.82) is 0 Å². The molecule has 0 atom stereocenters. The number of rotatable bonds is 2. The van der Waals surface area contributed by atoms with Crippen LogP contribution in [0.25, 0.3) is 9.75 Å². The summed E-state index contributed by atoms with van der Waals surface area (Å²) in [7, 11) is 5.61. The summed E-state index contributed by atoms with van der Waals surface area (Å²) in [5.74, 6) is 0. The fourth-order valence-corrected chi connectivity index (χ4v) is 2.72. The van der Waals surface area contributed by atoms with Crippen molar-refractivity contribution in [2.75, 3.05) is 0 Å². The van der Waals surface area contributed by atoms with Gasteiger partial charge in [-0.1, -0.05) is 6.07 Å². The first-order valence-electron chi connectivity index (χ1n) is 3.70. The van der Waals surface area contributed by atoms with Gasteiger partial charge in [0.1, 0.15) is 7.85 Å². The molecule has 0 amide bonds. The summed E-state index contributed by atoms with van der Waals surface area (Å²) in [5.41, 5.74) is 0. The Hall–Kier alpha value is -0.865. The molecule has 2 aromatic heterocycles. The summed E-state index contributed by atoms with van der Waals surface area (Å²) in [6.45, 7) is 0. The van der Waals surface area contributed by atoms with Crippen LogP contribution < -0.4 is 4.78 Å². The fraction of sp³-hybridized carbons (Fsp3) is 0. The van der Waals surface area contributed by atoms with Gasteiger partial charge >= 0.3 is 0 Å². The minimum atomic E-state index is 0.752. The average molecular weight is 204 g/mol. The average Bonchev–Trinajstić information content (AvgIpc) is 2.71. The molecule has 4 heteroatoms. The highest BCUT2D eigenvalue weighted by molar-refractivity contribution is 7.26. The van der Waals surface area contributed by atoms with E-state index < -0.39 is 0 Å². The van der Waals surface area contributed by atoms with Crippen LogP contribution >= 0.6 is 22.7 Å². The third-order valence-corrected chi connectivity index (χ3v) is 3.73. The monoisotopic (exact) mass is 204 g/mol. The molecule has 0 N–H and O–H groups in total. The third-order valence-electron chi connectivity index (χ3n) is 1.61. The maximum absolute atomic E-state index is 10.4. The standard InChI is InChI=1S/C9H5BOS2/c10-9-4-3-8(13-9)7-2-1-6(5-11)12-7/h1-5H. The van der Waals surface area contributed by atoms with Gasteiger partial charge in [-0.15, -0.1) is 11.3 Å². The third kappa shape index (κ3) is 1.74. The lowest BCUT2D eigenvalue weighted by molar-refractivity contribution is 0.112. The molecule has 2 heterocycles. The highest BCUT2D eigenvalue weighted by atomic mass is 32.1. The van der Waals surface area contributed by atoms with Crippen LogP contribution in [0.5, 0.6) is 0 Å². The Balaban J connectivity index is 2.40. The van der Waals surface area contributed by atoms with Crippen LogP contribution in [0, 0.1) is 0 Å². The molecular formula is C9H5BOS2. The molecule has 0 aliphatic heterocycles. The van der Waals surface area contributed by atoms with Gasteiger partial charge in [-0.2, -0.15) is 11.3 Å². The number of carbonyl (C=O) groups excluding carboxylic acids is 1. The fourth-order valence-electron chi connectivity index (χ4n) is 1.03. The largest absolute Gasteiger partial charge is 0.297 e. The van der Waals surface area contributed by atoms with Gasteiger partial charge in [0.05, 0.1) is 4.88 Å². The lowest BCUT2D eigenvalue weighted by atomic mass is 10.1. The zero-order valence-electron chi connectivity index (χ0n) is 6.69. The van der Waals surface area contributed by atoms with Gasteiger partial charge in [0, 0.05) is 9.75 Å². The normalized spacial score (nSPS) is 10.2. The molecule has 0 fully saturated rings. The van der Waals surface area contributed by atoms with E-state index in [9.17, 15) is 4.79 Å². The first-order chi connectivity index (χ1) is 6.29. The Bertz CT molecular complexity index is 430. The molecule has 2 radical (unpaired) electrons. The molecule has 0 saturated carbocycles. The molecule has 0 spiro atoms. The second kappa shape index (κ2) is 3.48. The molecule has 0 bridgehead atoms. The highest BCUT2D eigenvalue weighted by Crippen LogP contribution is 2.29. The van der Waals surface area contributed by atoms with E-state index in [1.807, 2.05) is 24.3 Å². The van der Waals surface area contributed by atoms with E-state index in [2.05, 4.69) is 0 Å². The first kappa shape index (κ1) is 8.72. The van der Waals surface area contributed by atoms with Gasteiger partial charge in [-0.25, -0.2) is 0 Å².